The molecular formula is C13H16O2. The molecule has 0 saturated heterocycles. The molecule has 0 bridgehead atoms. The van der Waals surface area contributed by atoms with Crippen molar-refractivity contribution in [1.29, 1.82) is 0 Å². The Labute approximate surface area is 89.9 Å². The Bertz CT molecular complexity index is 403. The average Bonchev–Trinajstić information content (AvgIpc) is 2.98. The zero-order valence-electron chi connectivity index (χ0n) is 9.21. The summed E-state index contributed by atoms with van der Waals surface area (Å²) in [5.74, 6) is -0.675. The van der Waals surface area contributed by atoms with Gasteiger partial charge in [0.15, 0.2) is 0 Å². The summed E-state index contributed by atoms with van der Waals surface area (Å²) in [7, 11) is 0. The predicted octanol–water partition coefficient (Wildman–Crippen LogP) is 2.67. The van der Waals surface area contributed by atoms with E-state index >= 15 is 0 Å². The lowest BCUT2D eigenvalue weighted by atomic mass is 9.92. The summed E-state index contributed by atoms with van der Waals surface area (Å²) in [6, 6.07) is 6.08. The van der Waals surface area contributed by atoms with E-state index in [1.54, 1.807) is 0 Å². The van der Waals surface area contributed by atoms with Crippen LogP contribution in [0.15, 0.2) is 18.2 Å². The Morgan fingerprint density at radius 2 is 2.13 bits per heavy atom. The lowest BCUT2D eigenvalue weighted by Gasteiger charge is -2.12. The van der Waals surface area contributed by atoms with Crippen LogP contribution in [0.1, 0.15) is 36.5 Å². The minimum atomic E-state index is -0.675. The lowest BCUT2D eigenvalue weighted by molar-refractivity contribution is -0.140. The van der Waals surface area contributed by atoms with Crippen LogP contribution in [0.4, 0.5) is 0 Å². The second-order valence-corrected chi connectivity index (χ2v) is 4.38. The molecule has 0 radical (unpaired) electrons. The number of carbonyl (C=O) groups is 1. The fourth-order valence-corrected chi connectivity index (χ4v) is 2.14. The number of hydrogen-bond donors (Lipinski definition) is 1. The fraction of sp³-hybridized carbons (Fsp3) is 0.462. The smallest absolute Gasteiger partial charge is 0.314 e. The second kappa shape index (κ2) is 3.37. The first-order valence-corrected chi connectivity index (χ1v) is 5.43. The van der Waals surface area contributed by atoms with Crippen LogP contribution in [-0.4, -0.2) is 11.1 Å². The monoisotopic (exact) mass is 204 g/mol. The number of aryl methyl sites for hydroxylation is 2. The van der Waals surface area contributed by atoms with Crippen molar-refractivity contribution in [1.82, 2.24) is 0 Å². The summed E-state index contributed by atoms with van der Waals surface area (Å²) in [5.41, 5.74) is 2.93. The molecule has 1 fully saturated rings. The first-order chi connectivity index (χ1) is 7.10. The molecule has 15 heavy (non-hydrogen) atoms. The van der Waals surface area contributed by atoms with Gasteiger partial charge in [-0.25, -0.2) is 0 Å². The van der Waals surface area contributed by atoms with Gasteiger partial charge in [-0.05, 0) is 42.9 Å². The van der Waals surface area contributed by atoms with Crippen molar-refractivity contribution in [3.8, 4) is 0 Å². The minimum absolute atomic E-state index is 0.559. The normalized spacial score (nSPS) is 17.5. The van der Waals surface area contributed by atoms with Gasteiger partial charge in [0.1, 0.15) is 0 Å². The highest BCUT2D eigenvalue weighted by atomic mass is 16.4. The molecule has 0 aliphatic heterocycles. The van der Waals surface area contributed by atoms with Gasteiger partial charge in [0.05, 0.1) is 5.41 Å². The van der Waals surface area contributed by atoms with Crippen LogP contribution < -0.4 is 0 Å². The number of carboxylic acids is 1. The van der Waals surface area contributed by atoms with Gasteiger partial charge in [0.25, 0.3) is 0 Å². The Kier molecular flexibility index (Phi) is 2.29. The summed E-state index contributed by atoms with van der Waals surface area (Å²) in [5, 5.41) is 9.17. The molecule has 1 aromatic carbocycles. The molecule has 0 amide bonds. The van der Waals surface area contributed by atoms with E-state index in [4.69, 9.17) is 0 Å². The number of carboxylic acid groups (broad SMARTS) is 1. The van der Waals surface area contributed by atoms with E-state index in [-0.39, 0.29) is 0 Å². The van der Waals surface area contributed by atoms with Crippen LogP contribution in [0.5, 0.6) is 0 Å². The highest BCUT2D eigenvalue weighted by Crippen LogP contribution is 2.48. The minimum Gasteiger partial charge on any atom is -0.481 e. The Morgan fingerprint density at radius 1 is 1.47 bits per heavy atom. The quantitative estimate of drug-likeness (QED) is 0.821. The molecule has 0 heterocycles. The molecule has 1 aromatic rings. The first kappa shape index (κ1) is 10.2. The van der Waals surface area contributed by atoms with Crippen LogP contribution in [-0.2, 0) is 16.6 Å². The molecule has 1 aliphatic rings. The second-order valence-electron chi connectivity index (χ2n) is 4.38. The van der Waals surface area contributed by atoms with Crippen molar-refractivity contribution >= 4 is 5.97 Å². The lowest BCUT2D eigenvalue weighted by Crippen LogP contribution is -2.19. The third kappa shape index (κ3) is 1.54. The van der Waals surface area contributed by atoms with Crippen molar-refractivity contribution < 1.29 is 9.90 Å². The highest BCUT2D eigenvalue weighted by molar-refractivity contribution is 5.85. The van der Waals surface area contributed by atoms with Gasteiger partial charge >= 0.3 is 5.97 Å². The maximum Gasteiger partial charge on any atom is 0.314 e. The maximum absolute atomic E-state index is 11.1. The van der Waals surface area contributed by atoms with Crippen molar-refractivity contribution in [2.24, 2.45) is 0 Å². The largest absolute Gasteiger partial charge is 0.481 e. The van der Waals surface area contributed by atoms with Crippen LogP contribution in [0.25, 0.3) is 0 Å². The van der Waals surface area contributed by atoms with Gasteiger partial charge in [-0.15, -0.1) is 0 Å². The van der Waals surface area contributed by atoms with Gasteiger partial charge < -0.3 is 5.11 Å². The summed E-state index contributed by atoms with van der Waals surface area (Å²) in [6.45, 7) is 4.17. The Balaban J connectivity index is 2.39. The molecule has 80 valence electrons. The SMILES string of the molecule is CCc1ccc(C2(C(=O)O)CC2)cc1C. The van der Waals surface area contributed by atoms with E-state index in [1.165, 1.54) is 11.1 Å². The van der Waals surface area contributed by atoms with Gasteiger partial charge in [0.2, 0.25) is 0 Å². The van der Waals surface area contributed by atoms with E-state index < -0.39 is 11.4 Å². The predicted molar refractivity (Wildman–Crippen MR) is 59.1 cm³/mol. The van der Waals surface area contributed by atoms with Crippen molar-refractivity contribution in [2.45, 2.75) is 38.5 Å². The van der Waals surface area contributed by atoms with Crippen LogP contribution in [0.3, 0.4) is 0 Å². The summed E-state index contributed by atoms with van der Waals surface area (Å²) >= 11 is 0. The van der Waals surface area contributed by atoms with E-state index in [1.807, 2.05) is 12.1 Å². The van der Waals surface area contributed by atoms with E-state index in [0.29, 0.717) is 0 Å². The molecule has 0 atom stereocenters. The van der Waals surface area contributed by atoms with Crippen molar-refractivity contribution in [3.63, 3.8) is 0 Å². The average molecular weight is 204 g/mol. The molecule has 1 saturated carbocycles. The molecule has 0 spiro atoms. The Morgan fingerprint density at radius 3 is 2.53 bits per heavy atom. The van der Waals surface area contributed by atoms with E-state index in [0.717, 1.165) is 24.8 Å². The van der Waals surface area contributed by atoms with Crippen LogP contribution >= 0.6 is 0 Å². The number of rotatable bonds is 3. The maximum atomic E-state index is 11.1. The standard InChI is InChI=1S/C13H16O2/c1-3-10-4-5-11(8-9(10)2)13(6-7-13)12(14)15/h4-5,8H,3,6-7H2,1-2H3,(H,14,15). The van der Waals surface area contributed by atoms with Crippen molar-refractivity contribution in [3.05, 3.63) is 34.9 Å². The summed E-state index contributed by atoms with van der Waals surface area (Å²) in [4.78, 5) is 11.1. The van der Waals surface area contributed by atoms with Gasteiger partial charge in [-0.1, -0.05) is 25.1 Å². The van der Waals surface area contributed by atoms with Crippen LogP contribution in [0, 0.1) is 6.92 Å². The topological polar surface area (TPSA) is 37.3 Å². The van der Waals surface area contributed by atoms with Gasteiger partial charge in [0, 0.05) is 0 Å². The summed E-state index contributed by atoms with van der Waals surface area (Å²) < 4.78 is 0. The number of hydrogen-bond acceptors (Lipinski definition) is 1. The van der Waals surface area contributed by atoms with Gasteiger partial charge in [-0.2, -0.15) is 0 Å². The molecule has 2 rings (SSSR count). The third-order valence-corrected chi connectivity index (χ3v) is 3.44. The fourth-order valence-electron chi connectivity index (χ4n) is 2.14. The summed E-state index contributed by atoms with van der Waals surface area (Å²) in [6.07, 6.45) is 2.58. The van der Waals surface area contributed by atoms with Crippen LogP contribution in [0.2, 0.25) is 0 Å². The van der Waals surface area contributed by atoms with Gasteiger partial charge in [-0.3, -0.25) is 4.79 Å². The molecule has 2 nitrogen and oxygen atoms in total. The number of benzene rings is 1. The first-order valence-electron chi connectivity index (χ1n) is 5.43. The molecule has 1 N–H and O–H groups in total. The highest BCUT2D eigenvalue weighted by Gasteiger charge is 2.51. The molecule has 1 aliphatic carbocycles. The van der Waals surface area contributed by atoms with E-state index in [2.05, 4.69) is 19.9 Å². The number of aliphatic carboxylic acids is 1. The zero-order valence-corrected chi connectivity index (χ0v) is 9.21. The third-order valence-electron chi connectivity index (χ3n) is 3.44. The molecule has 2 heteroatoms. The van der Waals surface area contributed by atoms with E-state index in [9.17, 15) is 9.90 Å². The van der Waals surface area contributed by atoms with Crippen molar-refractivity contribution in [2.75, 3.05) is 0 Å². The zero-order chi connectivity index (χ0) is 11.1. The molecule has 0 aromatic heterocycles. The Hall–Kier alpha value is -1.31. The molecular weight excluding hydrogens is 188 g/mol. The molecule has 0 unspecified atom stereocenters.